The van der Waals surface area contributed by atoms with Gasteiger partial charge in [-0.15, -0.1) is 0 Å². The normalized spacial score (nSPS) is 12.7. The van der Waals surface area contributed by atoms with E-state index in [1.165, 1.54) is 0 Å². The highest BCUT2D eigenvalue weighted by atomic mass is 16.2. The molecule has 0 radical (unpaired) electrons. The summed E-state index contributed by atoms with van der Waals surface area (Å²) in [5, 5.41) is 6.08. The minimum Gasteiger partial charge on any atom is -0.377 e. The number of benzene rings is 2. The first-order valence-electron chi connectivity index (χ1n) is 10.8. The van der Waals surface area contributed by atoms with Crippen molar-refractivity contribution < 1.29 is 9.59 Å². The fourth-order valence-electron chi connectivity index (χ4n) is 3.50. The fraction of sp³-hybridized carbons (Fsp3) is 0.440. The molecular weight excluding hydrogens is 374 g/mol. The second-order valence-corrected chi connectivity index (χ2v) is 7.97. The van der Waals surface area contributed by atoms with Gasteiger partial charge in [-0.25, -0.2) is 0 Å². The molecule has 0 aliphatic rings. The largest absolute Gasteiger partial charge is 0.377 e. The van der Waals surface area contributed by atoms with Crippen molar-refractivity contribution in [3.8, 4) is 0 Å². The Hall–Kier alpha value is -2.82. The lowest BCUT2D eigenvalue weighted by atomic mass is 9.98. The van der Waals surface area contributed by atoms with Gasteiger partial charge in [0.15, 0.2) is 0 Å². The first-order chi connectivity index (χ1) is 14.4. The summed E-state index contributed by atoms with van der Waals surface area (Å²) in [6.07, 6.45) is 3.81. The van der Waals surface area contributed by atoms with Crippen LogP contribution in [0.5, 0.6) is 0 Å². The highest BCUT2D eigenvalue weighted by molar-refractivity contribution is 6.02. The summed E-state index contributed by atoms with van der Waals surface area (Å²) in [4.78, 5) is 27.7. The highest BCUT2D eigenvalue weighted by Gasteiger charge is 2.19. The van der Waals surface area contributed by atoms with E-state index in [0.717, 1.165) is 36.9 Å². The van der Waals surface area contributed by atoms with Crippen LogP contribution in [0.25, 0.3) is 0 Å². The molecule has 0 bridgehead atoms. The van der Waals surface area contributed by atoms with Crippen molar-refractivity contribution in [3.63, 3.8) is 0 Å². The molecule has 2 aromatic carbocycles. The van der Waals surface area contributed by atoms with E-state index in [4.69, 9.17) is 0 Å². The van der Waals surface area contributed by atoms with Crippen molar-refractivity contribution in [1.82, 2.24) is 5.32 Å². The molecular formula is C25H35N3O2. The minimum atomic E-state index is -0.163. The van der Waals surface area contributed by atoms with Crippen molar-refractivity contribution in [2.45, 2.75) is 52.5 Å². The quantitative estimate of drug-likeness (QED) is 0.552. The molecule has 5 heteroatoms. The van der Waals surface area contributed by atoms with Crippen LogP contribution in [0.1, 0.15) is 68.4 Å². The summed E-state index contributed by atoms with van der Waals surface area (Å²) in [6.45, 7) is 6.14. The van der Waals surface area contributed by atoms with E-state index in [0.29, 0.717) is 11.3 Å². The molecule has 2 N–H and O–H groups in total. The van der Waals surface area contributed by atoms with E-state index in [9.17, 15) is 9.59 Å². The van der Waals surface area contributed by atoms with Crippen LogP contribution in [-0.4, -0.2) is 25.9 Å². The van der Waals surface area contributed by atoms with Crippen molar-refractivity contribution in [2.75, 3.05) is 24.3 Å². The van der Waals surface area contributed by atoms with Crippen LogP contribution in [-0.2, 0) is 4.79 Å². The van der Waals surface area contributed by atoms with Crippen LogP contribution in [0, 0.1) is 5.92 Å². The van der Waals surface area contributed by atoms with Gasteiger partial charge in [0.1, 0.15) is 0 Å². The second-order valence-electron chi connectivity index (χ2n) is 7.97. The molecule has 2 atom stereocenters. The number of anilines is 2. The number of amides is 2. The van der Waals surface area contributed by atoms with Gasteiger partial charge in [-0.1, -0.05) is 57.0 Å². The first-order valence-corrected chi connectivity index (χ1v) is 10.8. The zero-order valence-corrected chi connectivity index (χ0v) is 18.9. The lowest BCUT2D eigenvalue weighted by molar-refractivity contribution is -0.120. The molecule has 0 heterocycles. The summed E-state index contributed by atoms with van der Waals surface area (Å²) >= 11 is 0. The summed E-state index contributed by atoms with van der Waals surface area (Å²) in [7, 11) is 3.81. The van der Waals surface area contributed by atoms with Crippen molar-refractivity contribution in [3.05, 3.63) is 59.7 Å². The fourth-order valence-corrected chi connectivity index (χ4v) is 3.50. The van der Waals surface area contributed by atoms with Gasteiger partial charge in [0.05, 0.1) is 11.6 Å². The molecule has 5 nitrogen and oxygen atoms in total. The Morgan fingerprint density at radius 1 is 1.03 bits per heavy atom. The number of unbranched alkanes of at least 4 members (excludes halogenated alkanes) is 1. The zero-order valence-electron chi connectivity index (χ0n) is 18.9. The van der Waals surface area contributed by atoms with E-state index in [1.54, 1.807) is 6.07 Å². The number of carbonyl (C=O) groups excluding carboxylic acids is 2. The molecule has 0 aliphatic carbocycles. The van der Waals surface area contributed by atoms with E-state index in [-0.39, 0.29) is 23.8 Å². The predicted molar refractivity (Wildman–Crippen MR) is 125 cm³/mol. The maximum Gasteiger partial charge on any atom is 0.253 e. The minimum absolute atomic E-state index is 0.00569. The number of nitrogens with zero attached hydrogens (tertiary/aromatic N) is 1. The van der Waals surface area contributed by atoms with Crippen LogP contribution in [0.15, 0.2) is 48.5 Å². The van der Waals surface area contributed by atoms with Gasteiger partial charge < -0.3 is 15.5 Å². The third kappa shape index (κ3) is 6.34. The Balaban J connectivity index is 2.21. The molecule has 0 unspecified atom stereocenters. The third-order valence-electron chi connectivity index (χ3n) is 5.41. The Kier molecular flexibility index (Phi) is 8.90. The average Bonchev–Trinajstić information content (AvgIpc) is 2.74. The molecule has 2 rings (SSSR count). The molecule has 0 fully saturated rings. The average molecular weight is 410 g/mol. The van der Waals surface area contributed by atoms with Gasteiger partial charge in [-0.05, 0) is 43.5 Å². The van der Waals surface area contributed by atoms with Crippen molar-refractivity contribution in [1.29, 1.82) is 0 Å². The first kappa shape index (κ1) is 23.5. The highest BCUT2D eigenvalue weighted by Crippen LogP contribution is 2.25. The van der Waals surface area contributed by atoms with Crippen LogP contribution < -0.4 is 15.5 Å². The molecule has 0 aromatic heterocycles. The number of hydrogen-bond donors (Lipinski definition) is 2. The number of carbonyl (C=O) groups is 2. The maximum atomic E-state index is 13.1. The zero-order chi connectivity index (χ0) is 22.1. The van der Waals surface area contributed by atoms with E-state index in [2.05, 4.69) is 17.6 Å². The second kappa shape index (κ2) is 11.4. The molecule has 0 saturated heterocycles. The van der Waals surface area contributed by atoms with Crippen LogP contribution in [0.2, 0.25) is 0 Å². The Morgan fingerprint density at radius 2 is 1.73 bits per heavy atom. The predicted octanol–water partition coefficient (Wildman–Crippen LogP) is 5.40. The molecule has 0 aliphatic heterocycles. The number of rotatable bonds is 10. The summed E-state index contributed by atoms with van der Waals surface area (Å²) in [5.74, 6) is -0.148. The Morgan fingerprint density at radius 3 is 2.33 bits per heavy atom. The molecule has 2 aromatic rings. The Bertz CT molecular complexity index is 834. The molecule has 162 valence electrons. The number of hydrogen-bond acceptors (Lipinski definition) is 3. The van der Waals surface area contributed by atoms with Gasteiger partial charge in [0, 0.05) is 31.4 Å². The van der Waals surface area contributed by atoms with E-state index >= 15 is 0 Å². The molecule has 0 spiro atoms. The van der Waals surface area contributed by atoms with Crippen molar-refractivity contribution >= 4 is 23.2 Å². The lowest BCUT2D eigenvalue weighted by Gasteiger charge is -2.21. The summed E-state index contributed by atoms with van der Waals surface area (Å²) < 4.78 is 0. The Labute approximate surface area is 180 Å². The monoisotopic (exact) mass is 409 g/mol. The summed E-state index contributed by atoms with van der Waals surface area (Å²) in [6, 6.07) is 15.3. The molecule has 2 amide bonds. The van der Waals surface area contributed by atoms with E-state index in [1.807, 2.05) is 75.3 Å². The van der Waals surface area contributed by atoms with Gasteiger partial charge in [-0.2, -0.15) is 0 Å². The van der Waals surface area contributed by atoms with Crippen LogP contribution in [0.4, 0.5) is 11.4 Å². The van der Waals surface area contributed by atoms with Gasteiger partial charge in [0.25, 0.3) is 5.91 Å². The smallest absolute Gasteiger partial charge is 0.253 e. The topological polar surface area (TPSA) is 61.4 Å². The van der Waals surface area contributed by atoms with Crippen molar-refractivity contribution in [2.24, 2.45) is 5.92 Å². The molecule has 0 saturated carbocycles. The van der Waals surface area contributed by atoms with E-state index < -0.39 is 0 Å². The van der Waals surface area contributed by atoms with Gasteiger partial charge >= 0.3 is 0 Å². The maximum absolute atomic E-state index is 13.1. The third-order valence-corrected chi connectivity index (χ3v) is 5.41. The number of nitrogens with one attached hydrogen (secondary N) is 2. The van der Waals surface area contributed by atoms with Crippen LogP contribution in [0.3, 0.4) is 0 Å². The standard InChI is InChI=1S/C25H35N3O2/c1-6-8-12-19(7-2)24(29)27-21-15-16-23(28(4)5)22(17-21)25(30)26-18(3)20-13-10-9-11-14-20/h9-11,13-19H,6-8,12H2,1-5H3,(H,26,30)(H,27,29)/t18-,19-/m0/s1. The molecule has 30 heavy (non-hydrogen) atoms. The van der Waals surface area contributed by atoms with Gasteiger partial charge in [0.2, 0.25) is 5.91 Å². The summed E-state index contributed by atoms with van der Waals surface area (Å²) in [5.41, 5.74) is 3.05. The lowest BCUT2D eigenvalue weighted by Crippen LogP contribution is -2.29. The van der Waals surface area contributed by atoms with Crippen LogP contribution >= 0.6 is 0 Å². The van der Waals surface area contributed by atoms with Gasteiger partial charge in [-0.3, -0.25) is 9.59 Å². The SMILES string of the molecule is CCCC[C@H](CC)C(=O)Nc1ccc(N(C)C)c(C(=O)N[C@@H](C)c2ccccc2)c1.